The monoisotopic (exact) mass is 491 g/mol. The lowest BCUT2D eigenvalue weighted by Crippen LogP contribution is -2.78. The molecule has 2 saturated heterocycles. The minimum Gasteiger partial charge on any atom is -0.391 e. The molecule has 3 heterocycles. The van der Waals surface area contributed by atoms with Crippen molar-refractivity contribution in [3.63, 3.8) is 0 Å². The Morgan fingerprint density at radius 3 is 2.56 bits per heavy atom. The fraction of sp³-hybridized carbons (Fsp3) is 0.818. The molecule has 10 heteroatoms. The first-order valence-corrected chi connectivity index (χ1v) is 12.5. The number of fused-ring (bicyclic) bond motifs is 2. The Hall–Kier alpha value is -0.330. The molecule has 0 bridgehead atoms. The molecule has 32 heavy (non-hydrogen) atoms. The zero-order valence-corrected chi connectivity index (χ0v) is 20.2. The van der Waals surface area contributed by atoms with Gasteiger partial charge in [-0.2, -0.15) is 0 Å². The van der Waals surface area contributed by atoms with Gasteiger partial charge in [-0.15, -0.1) is 11.3 Å². The summed E-state index contributed by atoms with van der Waals surface area (Å²) >= 11 is 7.51. The van der Waals surface area contributed by atoms with Gasteiger partial charge in [0.1, 0.15) is 17.8 Å². The summed E-state index contributed by atoms with van der Waals surface area (Å²) in [6.45, 7) is 3.70. The van der Waals surface area contributed by atoms with Gasteiger partial charge in [0.25, 0.3) is 0 Å². The highest BCUT2D eigenvalue weighted by molar-refractivity contribution is 7.16. The predicted octanol–water partition coefficient (Wildman–Crippen LogP) is 1.41. The van der Waals surface area contributed by atoms with Crippen molar-refractivity contribution in [2.24, 2.45) is 5.92 Å². The minimum atomic E-state index is -2.14. The van der Waals surface area contributed by atoms with Crippen molar-refractivity contribution in [3.8, 4) is 0 Å². The van der Waals surface area contributed by atoms with E-state index in [1.807, 2.05) is 26.0 Å². The first kappa shape index (κ1) is 24.8. The molecule has 0 radical (unpaired) electrons. The summed E-state index contributed by atoms with van der Waals surface area (Å²) < 4.78 is 18.8. The van der Waals surface area contributed by atoms with Gasteiger partial charge in [0.05, 0.1) is 28.7 Å². The highest BCUT2D eigenvalue weighted by Gasteiger charge is 2.68. The molecular weight excluding hydrogens is 458 g/mol. The first-order chi connectivity index (χ1) is 15.1. The van der Waals surface area contributed by atoms with Crippen molar-refractivity contribution >= 4 is 22.9 Å². The van der Waals surface area contributed by atoms with Crippen LogP contribution in [0, 0.1) is 5.92 Å². The quantitative estimate of drug-likeness (QED) is 0.405. The lowest BCUT2D eigenvalue weighted by Gasteiger charge is -2.60. The number of aliphatic hydroxyl groups excluding tert-OH is 2. The Morgan fingerprint density at radius 2 is 1.94 bits per heavy atom. The minimum absolute atomic E-state index is 0.166. The third-order valence-corrected chi connectivity index (χ3v) is 8.56. The number of hydrogen-bond acceptors (Lipinski definition) is 9. The third kappa shape index (κ3) is 4.15. The van der Waals surface area contributed by atoms with E-state index >= 15 is 0 Å². The summed E-state index contributed by atoms with van der Waals surface area (Å²) in [4.78, 5) is 1.10. The molecule has 0 aromatic carbocycles. The van der Waals surface area contributed by atoms with Crippen molar-refractivity contribution in [1.82, 2.24) is 5.32 Å². The normalized spacial score (nSPS) is 46.5. The topological polar surface area (TPSA) is 121 Å². The second kappa shape index (κ2) is 9.37. The maximum Gasteiger partial charge on any atom is 0.248 e. The maximum atomic E-state index is 11.7. The van der Waals surface area contributed by atoms with E-state index in [0.717, 1.165) is 4.88 Å². The Labute approximate surface area is 197 Å². The summed E-state index contributed by atoms with van der Waals surface area (Å²) in [5.41, 5.74) is -1.63. The van der Waals surface area contributed by atoms with E-state index in [1.165, 1.54) is 11.3 Å². The van der Waals surface area contributed by atoms with Crippen LogP contribution in [0.25, 0.3) is 0 Å². The highest BCUT2D eigenvalue weighted by Crippen LogP contribution is 2.49. The van der Waals surface area contributed by atoms with E-state index in [2.05, 4.69) is 5.32 Å². The van der Waals surface area contributed by atoms with E-state index in [4.69, 9.17) is 25.8 Å². The van der Waals surface area contributed by atoms with Gasteiger partial charge in [-0.05, 0) is 51.8 Å². The number of halogens is 1. The van der Waals surface area contributed by atoms with Crippen LogP contribution in [0.4, 0.5) is 0 Å². The van der Waals surface area contributed by atoms with E-state index in [9.17, 15) is 20.4 Å². The first-order valence-electron chi connectivity index (χ1n) is 11.3. The van der Waals surface area contributed by atoms with Gasteiger partial charge in [-0.1, -0.05) is 18.5 Å². The molecule has 8 nitrogen and oxygen atoms in total. The fourth-order valence-electron chi connectivity index (χ4n) is 5.58. The zero-order chi connectivity index (χ0) is 23.3. The number of thiophene rings is 1. The van der Waals surface area contributed by atoms with E-state index in [-0.39, 0.29) is 18.9 Å². The number of rotatable bonds is 6. The van der Waals surface area contributed by atoms with Gasteiger partial charge in [0.15, 0.2) is 0 Å². The van der Waals surface area contributed by atoms with Crippen LogP contribution in [0.15, 0.2) is 12.1 Å². The van der Waals surface area contributed by atoms with Crippen molar-refractivity contribution in [3.05, 3.63) is 21.3 Å². The SMILES string of the molecule is CC[C@@H]1[C@H](O)[C@H](NC)[C@H]2O[C@]3(O)[C@H](O[C@@H]2[C@H]1O)O[C@H](C)C[C@@]3(O)CCCc1ccc(Cl)s1. The summed E-state index contributed by atoms with van der Waals surface area (Å²) in [6, 6.07) is 3.21. The van der Waals surface area contributed by atoms with Crippen molar-refractivity contribution in [2.75, 3.05) is 7.05 Å². The Morgan fingerprint density at radius 1 is 1.19 bits per heavy atom. The zero-order valence-electron chi connectivity index (χ0n) is 18.6. The Balaban J connectivity index is 1.57. The van der Waals surface area contributed by atoms with Gasteiger partial charge < -0.3 is 40.0 Å². The molecule has 3 fully saturated rings. The predicted molar refractivity (Wildman–Crippen MR) is 120 cm³/mol. The van der Waals surface area contributed by atoms with Crippen LogP contribution in [0.1, 0.15) is 44.4 Å². The number of aliphatic hydroxyl groups is 4. The number of hydrogen-bond donors (Lipinski definition) is 5. The average Bonchev–Trinajstić information content (AvgIpc) is 3.14. The van der Waals surface area contributed by atoms with Crippen LogP contribution in [0.2, 0.25) is 4.34 Å². The van der Waals surface area contributed by atoms with Crippen LogP contribution >= 0.6 is 22.9 Å². The summed E-state index contributed by atoms with van der Waals surface area (Å²) in [7, 11) is 1.69. The average molecular weight is 492 g/mol. The van der Waals surface area contributed by atoms with Crippen LogP contribution in [-0.2, 0) is 20.6 Å². The maximum absolute atomic E-state index is 11.7. The molecule has 1 saturated carbocycles. The number of nitrogens with one attached hydrogen (secondary N) is 1. The van der Waals surface area contributed by atoms with Crippen LogP contribution in [0.5, 0.6) is 0 Å². The molecule has 5 N–H and O–H groups in total. The largest absolute Gasteiger partial charge is 0.391 e. The molecule has 1 aromatic heterocycles. The summed E-state index contributed by atoms with van der Waals surface area (Å²) in [5, 5.41) is 48.0. The summed E-state index contributed by atoms with van der Waals surface area (Å²) in [6.07, 6.45) is -2.92. The molecule has 3 aliphatic rings. The van der Waals surface area contributed by atoms with Crippen molar-refractivity contribution in [1.29, 1.82) is 0 Å². The van der Waals surface area contributed by atoms with Gasteiger partial charge in [0.2, 0.25) is 12.1 Å². The Bertz CT molecular complexity index is 798. The number of likely N-dealkylation sites (N-methyl/N-ethyl adjacent to an activating group) is 1. The van der Waals surface area contributed by atoms with Crippen LogP contribution in [-0.4, -0.2) is 81.7 Å². The van der Waals surface area contributed by atoms with Gasteiger partial charge in [0, 0.05) is 17.2 Å². The number of aryl methyl sites for hydroxylation is 1. The Kier molecular flexibility index (Phi) is 7.26. The van der Waals surface area contributed by atoms with E-state index in [1.54, 1.807) is 7.05 Å². The lowest BCUT2D eigenvalue weighted by molar-refractivity contribution is -0.485. The molecule has 0 spiro atoms. The molecule has 10 atom stereocenters. The third-order valence-electron chi connectivity index (χ3n) is 7.27. The molecule has 182 valence electrons. The molecule has 0 unspecified atom stereocenters. The van der Waals surface area contributed by atoms with Crippen LogP contribution in [0.3, 0.4) is 0 Å². The van der Waals surface area contributed by atoms with Gasteiger partial charge >= 0.3 is 0 Å². The van der Waals surface area contributed by atoms with Crippen LogP contribution < -0.4 is 5.32 Å². The smallest absolute Gasteiger partial charge is 0.248 e. The van der Waals surface area contributed by atoms with E-state index in [0.29, 0.717) is 23.6 Å². The molecule has 1 aromatic rings. The fourth-order valence-corrected chi connectivity index (χ4v) is 6.71. The van der Waals surface area contributed by atoms with E-state index < -0.39 is 54.1 Å². The molecule has 2 aliphatic heterocycles. The van der Waals surface area contributed by atoms with Gasteiger partial charge in [-0.25, -0.2) is 0 Å². The van der Waals surface area contributed by atoms with Crippen molar-refractivity contribution < 1.29 is 34.6 Å². The molecular formula is C22H34ClNO7S. The lowest BCUT2D eigenvalue weighted by atomic mass is 9.73. The standard InChI is InChI=1S/C22H34ClNO7S/c1-4-13-16(25)15(24-3)18-19(17(13)26)30-20-22(28,31-18)21(27,10-11(2)29-20)9-5-6-12-7-8-14(23)32-12/h7-8,11,13,15-20,24-28H,4-6,9-10H2,1-3H3/t11-,13-,15+,16+,17+,18-,19-,20+,21+,22-/m1/s1. The van der Waals surface area contributed by atoms with Crippen molar-refractivity contribution in [2.45, 2.75) is 100 Å². The van der Waals surface area contributed by atoms with Gasteiger partial charge in [-0.3, -0.25) is 0 Å². The second-order valence-electron chi connectivity index (χ2n) is 9.32. The number of ether oxygens (including phenoxy) is 3. The highest BCUT2D eigenvalue weighted by atomic mass is 35.5. The molecule has 1 aliphatic carbocycles. The molecule has 4 rings (SSSR count). The summed E-state index contributed by atoms with van der Waals surface area (Å²) in [5.74, 6) is -2.55. The second-order valence-corrected chi connectivity index (χ2v) is 11.1. The molecule has 0 amide bonds.